The van der Waals surface area contributed by atoms with E-state index in [4.69, 9.17) is 4.74 Å². The minimum Gasteiger partial charge on any atom is -0.462 e. The fourth-order valence-electron chi connectivity index (χ4n) is 4.20. The first-order chi connectivity index (χ1) is 16.9. The number of hydrogen-bond acceptors (Lipinski definition) is 9. The maximum Gasteiger partial charge on any atom is 0.338 e. The highest BCUT2D eigenvalue weighted by molar-refractivity contribution is 8.00. The summed E-state index contributed by atoms with van der Waals surface area (Å²) in [6.45, 7) is 1.73. The number of aromatic nitrogens is 1. The molecule has 2 unspecified atom stereocenters. The first-order valence-electron chi connectivity index (χ1n) is 10.7. The van der Waals surface area contributed by atoms with Crippen molar-refractivity contribution in [2.24, 2.45) is 5.92 Å². The monoisotopic (exact) mass is 529 g/mol. The third kappa shape index (κ3) is 4.32. The largest absolute Gasteiger partial charge is 0.462 e. The van der Waals surface area contributed by atoms with E-state index in [2.05, 4.69) is 10.6 Å². The van der Waals surface area contributed by atoms with Gasteiger partial charge >= 0.3 is 10.8 Å². The molecule has 3 atom stereocenters. The van der Waals surface area contributed by atoms with Crippen molar-refractivity contribution in [3.63, 3.8) is 0 Å². The number of thiophene rings is 1. The van der Waals surface area contributed by atoms with Crippen LogP contribution in [0, 0.1) is 5.92 Å². The van der Waals surface area contributed by atoms with Crippen molar-refractivity contribution in [1.82, 2.24) is 9.88 Å². The molecular formula is C23H19N3O6S3. The molecule has 1 aromatic carbocycles. The Balaban J connectivity index is 1.40. The first-order valence-corrected chi connectivity index (χ1v) is 13.3. The molecule has 0 bridgehead atoms. The number of rotatable bonds is 6. The smallest absolute Gasteiger partial charge is 0.338 e. The summed E-state index contributed by atoms with van der Waals surface area (Å²) in [6.07, 6.45) is 0. The molecule has 0 saturated carbocycles. The average Bonchev–Trinajstić information content (AvgIpc) is 3.53. The number of anilines is 1. The summed E-state index contributed by atoms with van der Waals surface area (Å²) >= 11 is 3.63. The van der Waals surface area contributed by atoms with Crippen LogP contribution in [0.25, 0.3) is 0 Å². The summed E-state index contributed by atoms with van der Waals surface area (Å²) in [5.74, 6) is -2.62. The molecule has 4 heterocycles. The van der Waals surface area contributed by atoms with Crippen LogP contribution in [0.1, 0.15) is 33.0 Å². The maximum atomic E-state index is 12.9. The number of carbonyl (C=O) groups excluding carboxylic acids is 4. The zero-order chi connectivity index (χ0) is 24.7. The van der Waals surface area contributed by atoms with Crippen LogP contribution in [0.4, 0.5) is 5.69 Å². The zero-order valence-corrected chi connectivity index (χ0v) is 20.8. The van der Waals surface area contributed by atoms with Gasteiger partial charge in [-0.05, 0) is 42.6 Å². The van der Waals surface area contributed by atoms with Gasteiger partial charge in [0, 0.05) is 21.4 Å². The van der Waals surface area contributed by atoms with E-state index in [1.165, 1.54) is 15.9 Å². The van der Waals surface area contributed by atoms with E-state index in [9.17, 15) is 24.0 Å². The van der Waals surface area contributed by atoms with Crippen molar-refractivity contribution in [3.05, 3.63) is 66.8 Å². The van der Waals surface area contributed by atoms with E-state index in [0.717, 1.165) is 28.0 Å². The van der Waals surface area contributed by atoms with E-state index >= 15 is 0 Å². The third-order valence-electron chi connectivity index (χ3n) is 5.72. The predicted molar refractivity (Wildman–Crippen MR) is 132 cm³/mol. The van der Waals surface area contributed by atoms with Gasteiger partial charge in [-0.1, -0.05) is 29.2 Å². The Morgan fingerprint density at radius 2 is 1.89 bits per heavy atom. The number of nitrogens with one attached hydrogen (secondary N) is 2. The molecular weight excluding hydrogens is 510 g/mol. The molecule has 1 fully saturated rings. The first kappa shape index (κ1) is 23.5. The van der Waals surface area contributed by atoms with Crippen molar-refractivity contribution in [2.75, 3.05) is 11.9 Å². The minimum absolute atomic E-state index is 0.249. The number of ether oxygens (including phenoxy) is 1. The van der Waals surface area contributed by atoms with Crippen molar-refractivity contribution in [1.29, 1.82) is 0 Å². The van der Waals surface area contributed by atoms with Gasteiger partial charge in [-0.3, -0.25) is 29.1 Å². The molecule has 12 heteroatoms. The Kier molecular flexibility index (Phi) is 6.34. The lowest BCUT2D eigenvalue weighted by Crippen LogP contribution is -2.32. The lowest BCUT2D eigenvalue weighted by Gasteiger charge is -2.29. The van der Waals surface area contributed by atoms with Crippen LogP contribution in [0.5, 0.6) is 0 Å². The number of thioether (sulfide) groups is 1. The summed E-state index contributed by atoms with van der Waals surface area (Å²) in [5.41, 5.74) is 0.827. The van der Waals surface area contributed by atoms with Gasteiger partial charge in [0.2, 0.25) is 17.7 Å². The second-order valence-electron chi connectivity index (χ2n) is 7.88. The molecule has 180 valence electrons. The number of thiazole rings is 1. The minimum atomic E-state index is -0.666. The third-order valence-corrected chi connectivity index (χ3v) is 9.29. The second kappa shape index (κ2) is 9.44. The van der Waals surface area contributed by atoms with E-state index in [0.29, 0.717) is 21.2 Å². The van der Waals surface area contributed by atoms with Crippen LogP contribution in [0.15, 0.2) is 51.6 Å². The van der Waals surface area contributed by atoms with Gasteiger partial charge in [-0.2, -0.15) is 0 Å². The van der Waals surface area contributed by atoms with Crippen LogP contribution in [0.3, 0.4) is 0 Å². The van der Waals surface area contributed by atoms with E-state index in [-0.39, 0.29) is 29.8 Å². The molecule has 0 radical (unpaired) electrons. The SMILES string of the molecule is CCOC(=O)c1ccc(NC(=O)Cn2c3c(sc2=O)[C@@H](c2cccs2)C2C(=O)NC(=O)C2S3)cc1. The van der Waals surface area contributed by atoms with Crippen molar-refractivity contribution in [2.45, 2.75) is 29.7 Å². The van der Waals surface area contributed by atoms with Gasteiger partial charge in [-0.15, -0.1) is 11.3 Å². The van der Waals surface area contributed by atoms with E-state index < -0.39 is 29.0 Å². The highest BCUT2D eigenvalue weighted by Gasteiger charge is 2.53. The fourth-order valence-corrected chi connectivity index (χ4v) is 7.89. The van der Waals surface area contributed by atoms with Gasteiger partial charge in [0.05, 0.1) is 23.1 Å². The molecule has 2 aliphatic rings. The molecule has 2 aromatic heterocycles. The highest BCUT2D eigenvalue weighted by Crippen LogP contribution is 2.52. The number of benzene rings is 1. The molecule has 0 spiro atoms. The number of fused-ring (bicyclic) bond motifs is 2. The van der Waals surface area contributed by atoms with Gasteiger partial charge < -0.3 is 10.1 Å². The quantitative estimate of drug-likeness (QED) is 0.372. The predicted octanol–water partition coefficient (Wildman–Crippen LogP) is 2.67. The Morgan fingerprint density at radius 3 is 2.57 bits per heavy atom. The van der Waals surface area contributed by atoms with Gasteiger partial charge in [0.15, 0.2) is 0 Å². The zero-order valence-electron chi connectivity index (χ0n) is 18.3. The summed E-state index contributed by atoms with van der Waals surface area (Å²) in [4.78, 5) is 63.9. The second-order valence-corrected chi connectivity index (χ2v) is 11.0. The summed E-state index contributed by atoms with van der Waals surface area (Å²) in [5, 5.41) is 6.90. The molecule has 3 amide bonds. The summed E-state index contributed by atoms with van der Waals surface area (Å²) < 4.78 is 6.31. The van der Waals surface area contributed by atoms with Crippen LogP contribution < -0.4 is 15.5 Å². The molecule has 2 aliphatic heterocycles. The standard InChI is InChI=1S/C23H19N3O6S3/c1-2-32-22(30)11-5-7-12(8-6-11)24-14(27)10-26-21-18(35-23(26)31)15(13-4-3-9-33-13)16-17(34-21)20(29)25-19(16)28/h3-9,15-17H,2,10H2,1H3,(H,24,27)(H,25,28,29)/t15-,16?,17?/m0/s1. The number of imide groups is 1. The van der Waals surface area contributed by atoms with Gasteiger partial charge in [-0.25, -0.2) is 4.79 Å². The van der Waals surface area contributed by atoms with Gasteiger partial charge in [0.1, 0.15) is 11.8 Å². The molecule has 9 nitrogen and oxygen atoms in total. The molecule has 2 N–H and O–H groups in total. The Bertz CT molecular complexity index is 1380. The van der Waals surface area contributed by atoms with E-state index in [1.54, 1.807) is 31.2 Å². The molecule has 35 heavy (non-hydrogen) atoms. The highest BCUT2D eigenvalue weighted by atomic mass is 32.2. The number of nitrogens with zero attached hydrogens (tertiary/aromatic N) is 1. The Labute approximate surface area is 211 Å². The number of carbonyl (C=O) groups is 4. The van der Waals surface area contributed by atoms with Crippen molar-refractivity contribution >= 4 is 63.8 Å². The van der Waals surface area contributed by atoms with Crippen molar-refractivity contribution < 1.29 is 23.9 Å². The molecule has 5 rings (SSSR count). The average molecular weight is 530 g/mol. The topological polar surface area (TPSA) is 124 Å². The Morgan fingerprint density at radius 1 is 1.11 bits per heavy atom. The van der Waals surface area contributed by atoms with Crippen LogP contribution in [-0.2, 0) is 25.7 Å². The van der Waals surface area contributed by atoms with Crippen molar-refractivity contribution in [3.8, 4) is 0 Å². The van der Waals surface area contributed by atoms with Crippen LogP contribution >= 0.6 is 34.4 Å². The molecule has 1 saturated heterocycles. The fraction of sp³-hybridized carbons (Fsp3) is 0.261. The number of esters is 1. The lowest BCUT2D eigenvalue weighted by atomic mass is 9.87. The summed E-state index contributed by atoms with van der Waals surface area (Å²) in [7, 11) is 0. The summed E-state index contributed by atoms with van der Waals surface area (Å²) in [6, 6.07) is 10.0. The van der Waals surface area contributed by atoms with Crippen LogP contribution in [0.2, 0.25) is 0 Å². The number of amides is 3. The van der Waals surface area contributed by atoms with E-state index in [1.807, 2.05) is 17.5 Å². The van der Waals surface area contributed by atoms with Gasteiger partial charge in [0.25, 0.3) is 0 Å². The maximum absolute atomic E-state index is 12.9. The number of hydrogen-bond donors (Lipinski definition) is 2. The molecule has 3 aromatic rings. The lowest BCUT2D eigenvalue weighted by molar-refractivity contribution is -0.126. The van der Waals surface area contributed by atoms with Crippen LogP contribution in [-0.4, -0.2) is 40.1 Å². The molecule has 0 aliphatic carbocycles. The normalized spacial score (nSPS) is 20.7. The Hall–Kier alpha value is -3.22.